The monoisotopic (exact) mass is 565 g/mol. The van der Waals surface area contributed by atoms with Gasteiger partial charge in [-0.05, 0) is 40.2 Å². The first-order chi connectivity index (χ1) is 18.4. The van der Waals surface area contributed by atoms with Gasteiger partial charge in [0.05, 0.1) is 6.07 Å². The number of amides is 3. The van der Waals surface area contributed by atoms with Crippen LogP contribution in [0.4, 0.5) is 22.0 Å². The summed E-state index contributed by atoms with van der Waals surface area (Å²) in [5, 5.41) is 14.6. The summed E-state index contributed by atoms with van der Waals surface area (Å²) in [6.07, 6.45) is -2.71. The van der Waals surface area contributed by atoms with Gasteiger partial charge in [-0.1, -0.05) is 34.6 Å². The van der Waals surface area contributed by atoms with Crippen LogP contribution >= 0.6 is 0 Å². The molecule has 40 heavy (non-hydrogen) atoms. The lowest BCUT2D eigenvalue weighted by Crippen LogP contribution is -2.60. The Morgan fingerprint density at radius 3 is 2.30 bits per heavy atom. The third-order valence-corrected chi connectivity index (χ3v) is 7.96. The predicted octanol–water partition coefficient (Wildman–Crippen LogP) is 3.77. The van der Waals surface area contributed by atoms with E-state index in [0.717, 1.165) is 17.0 Å². The Bertz CT molecular complexity index is 1430. The number of aromatic nitrogens is 1. The molecule has 1 aromatic carbocycles. The summed E-state index contributed by atoms with van der Waals surface area (Å²) in [5.74, 6) is -6.64. The lowest BCUT2D eigenvalue weighted by Gasteiger charge is -2.37. The van der Waals surface area contributed by atoms with Crippen molar-refractivity contribution in [2.75, 3.05) is 6.54 Å². The van der Waals surface area contributed by atoms with Crippen molar-refractivity contribution < 1.29 is 36.3 Å². The summed E-state index contributed by atoms with van der Waals surface area (Å²) in [6.45, 7) is 8.33. The van der Waals surface area contributed by atoms with Crippen LogP contribution in [0, 0.1) is 45.6 Å². The Kier molecular flexibility index (Phi) is 7.05. The summed E-state index contributed by atoms with van der Waals surface area (Å²) in [5.41, 5.74) is -1.40. The molecule has 5 atom stereocenters. The minimum Gasteiger partial charge on any atom is -0.336 e. The minimum absolute atomic E-state index is 0.0700. The number of nitrogens with zero attached hydrogens (tertiary/aromatic N) is 3. The molecular weight excluding hydrogens is 537 g/mol. The number of piperidine rings is 1. The van der Waals surface area contributed by atoms with Crippen molar-refractivity contribution in [3.8, 4) is 6.07 Å². The number of likely N-dealkylation sites (tertiary alicyclic amines) is 1. The molecule has 2 N–H and O–H groups in total. The van der Waals surface area contributed by atoms with E-state index in [9.17, 15) is 41.6 Å². The van der Waals surface area contributed by atoms with Crippen LogP contribution in [0.5, 0.6) is 0 Å². The first kappa shape index (κ1) is 29.2. The highest BCUT2D eigenvalue weighted by Crippen LogP contribution is 2.65. The number of benzene rings is 1. The highest BCUT2D eigenvalue weighted by Gasteiger charge is 2.70. The fourth-order valence-corrected chi connectivity index (χ4v) is 5.66. The molecular formula is C27H28F5N5O3. The van der Waals surface area contributed by atoms with E-state index in [1.165, 1.54) is 33.2 Å². The molecule has 0 spiro atoms. The van der Waals surface area contributed by atoms with Crippen molar-refractivity contribution in [2.45, 2.75) is 58.9 Å². The van der Waals surface area contributed by atoms with Gasteiger partial charge in [-0.3, -0.25) is 19.4 Å². The van der Waals surface area contributed by atoms with Gasteiger partial charge in [-0.15, -0.1) is 0 Å². The van der Waals surface area contributed by atoms with Crippen LogP contribution in [0.25, 0.3) is 10.8 Å². The normalized spacial score (nSPS) is 23.1. The number of rotatable bonds is 5. The zero-order chi connectivity index (χ0) is 29.9. The zero-order valence-corrected chi connectivity index (χ0v) is 22.4. The predicted molar refractivity (Wildman–Crippen MR) is 132 cm³/mol. The molecule has 2 fully saturated rings. The van der Waals surface area contributed by atoms with Crippen LogP contribution in [0.3, 0.4) is 0 Å². The van der Waals surface area contributed by atoms with Gasteiger partial charge in [0.15, 0.2) is 11.6 Å². The minimum atomic E-state index is -5.22. The molecule has 4 rings (SSSR count). The van der Waals surface area contributed by atoms with Crippen LogP contribution in [0.1, 0.15) is 46.2 Å². The Hall–Kier alpha value is -3.82. The Labute approximate surface area is 226 Å². The van der Waals surface area contributed by atoms with Gasteiger partial charge in [0.2, 0.25) is 11.8 Å². The van der Waals surface area contributed by atoms with Crippen LogP contribution in [0.15, 0.2) is 24.5 Å². The SMILES string of the molecule is CC(C)(C)[C@H](NC(=O)C(F)(F)F)C(=O)N1C[C@H]2C([C@H]1C(=O)N[C@H](C#N)c1cncc3cc(F)c(F)cc13)C2(C)C. The van der Waals surface area contributed by atoms with Crippen molar-refractivity contribution in [2.24, 2.45) is 22.7 Å². The fraction of sp³-hybridized carbons (Fsp3) is 0.519. The molecule has 13 heteroatoms. The summed E-state index contributed by atoms with van der Waals surface area (Å²) >= 11 is 0. The molecule has 1 saturated heterocycles. The Morgan fingerprint density at radius 2 is 1.73 bits per heavy atom. The van der Waals surface area contributed by atoms with Crippen molar-refractivity contribution in [3.63, 3.8) is 0 Å². The van der Waals surface area contributed by atoms with Crippen LogP contribution < -0.4 is 10.6 Å². The second kappa shape index (κ2) is 9.67. The number of halogens is 5. The zero-order valence-electron chi connectivity index (χ0n) is 22.4. The molecule has 3 amide bonds. The van der Waals surface area contributed by atoms with E-state index in [1.54, 1.807) is 5.32 Å². The quantitative estimate of drug-likeness (QED) is 0.536. The van der Waals surface area contributed by atoms with E-state index >= 15 is 0 Å². The summed E-state index contributed by atoms with van der Waals surface area (Å²) in [6, 6.07) is -0.396. The van der Waals surface area contributed by atoms with Crippen molar-refractivity contribution in [1.29, 1.82) is 5.26 Å². The molecule has 1 aliphatic carbocycles. The smallest absolute Gasteiger partial charge is 0.336 e. The molecule has 1 unspecified atom stereocenters. The highest BCUT2D eigenvalue weighted by atomic mass is 19.4. The van der Waals surface area contributed by atoms with Crippen LogP contribution in [-0.4, -0.2) is 52.4 Å². The lowest BCUT2D eigenvalue weighted by molar-refractivity contribution is -0.176. The average molecular weight is 566 g/mol. The number of hydrogen-bond donors (Lipinski definition) is 2. The van der Waals surface area contributed by atoms with Gasteiger partial charge < -0.3 is 15.5 Å². The Balaban J connectivity index is 1.65. The number of hydrogen-bond acceptors (Lipinski definition) is 5. The van der Waals surface area contributed by atoms with E-state index in [4.69, 9.17) is 0 Å². The van der Waals surface area contributed by atoms with E-state index < -0.39 is 59.1 Å². The molecule has 0 radical (unpaired) electrons. The maximum atomic E-state index is 14.0. The number of nitrogens with one attached hydrogen (secondary N) is 2. The number of carbonyl (C=O) groups is 3. The summed E-state index contributed by atoms with van der Waals surface area (Å²) < 4.78 is 66.9. The van der Waals surface area contributed by atoms with E-state index in [0.29, 0.717) is 0 Å². The Morgan fingerprint density at radius 1 is 1.10 bits per heavy atom. The molecule has 214 valence electrons. The molecule has 1 saturated carbocycles. The molecule has 8 nitrogen and oxygen atoms in total. The third-order valence-electron chi connectivity index (χ3n) is 7.96. The number of alkyl halides is 3. The number of carbonyl (C=O) groups excluding carboxylic acids is 3. The second-order valence-electron chi connectivity index (χ2n) is 11.9. The maximum Gasteiger partial charge on any atom is 0.471 e. The van der Waals surface area contributed by atoms with Crippen molar-refractivity contribution in [3.05, 3.63) is 41.7 Å². The largest absolute Gasteiger partial charge is 0.471 e. The van der Waals surface area contributed by atoms with Crippen LogP contribution in [-0.2, 0) is 14.4 Å². The number of pyridine rings is 1. The van der Waals surface area contributed by atoms with Crippen molar-refractivity contribution in [1.82, 2.24) is 20.5 Å². The van der Waals surface area contributed by atoms with Crippen molar-refractivity contribution >= 4 is 28.5 Å². The van der Waals surface area contributed by atoms with Gasteiger partial charge >= 0.3 is 12.1 Å². The van der Waals surface area contributed by atoms with Gasteiger partial charge in [0.25, 0.3) is 0 Å². The molecule has 2 aromatic rings. The summed E-state index contributed by atoms with van der Waals surface area (Å²) in [7, 11) is 0. The second-order valence-corrected chi connectivity index (χ2v) is 11.9. The number of nitriles is 1. The maximum absolute atomic E-state index is 14.0. The molecule has 2 heterocycles. The van der Waals surface area contributed by atoms with E-state index in [1.807, 2.05) is 19.9 Å². The average Bonchev–Trinajstić information content (AvgIpc) is 3.17. The van der Waals surface area contributed by atoms with Gasteiger partial charge in [0, 0.05) is 29.9 Å². The number of fused-ring (bicyclic) bond motifs is 2. The first-order valence-corrected chi connectivity index (χ1v) is 12.5. The summed E-state index contributed by atoms with van der Waals surface area (Å²) in [4.78, 5) is 44.2. The standard InChI is InChI=1S/C27H28F5N5O3/c1-25(2,3)21(36-24(40)27(30,31)32)23(39)37-11-15-19(26(15,4)5)20(37)22(38)35-18(8-33)14-10-34-9-12-6-16(28)17(29)7-13(12)14/h6-7,9-10,15,18-21H,11H2,1-5H3,(H,35,38)(H,36,40)/t15-,18+,19?,20-,21+/m0/s1. The topological polar surface area (TPSA) is 115 Å². The first-order valence-electron chi connectivity index (χ1n) is 12.5. The van der Waals surface area contributed by atoms with Gasteiger partial charge in [-0.2, -0.15) is 18.4 Å². The highest BCUT2D eigenvalue weighted by molar-refractivity contribution is 5.95. The third kappa shape index (κ3) is 5.07. The molecule has 1 aliphatic heterocycles. The molecule has 0 bridgehead atoms. The van der Waals surface area contributed by atoms with Gasteiger partial charge in [0.1, 0.15) is 18.1 Å². The van der Waals surface area contributed by atoms with Gasteiger partial charge in [-0.25, -0.2) is 8.78 Å². The molecule has 1 aromatic heterocycles. The van der Waals surface area contributed by atoms with Crippen LogP contribution in [0.2, 0.25) is 0 Å². The van der Waals surface area contributed by atoms with E-state index in [2.05, 4.69) is 10.3 Å². The lowest BCUT2D eigenvalue weighted by atomic mass is 9.85. The fourth-order valence-electron chi connectivity index (χ4n) is 5.66. The molecule has 2 aliphatic rings. The van der Waals surface area contributed by atoms with E-state index in [-0.39, 0.29) is 40.1 Å².